The van der Waals surface area contributed by atoms with Crippen molar-refractivity contribution < 1.29 is 9.18 Å². The molecule has 6 nitrogen and oxygen atoms in total. The molecule has 1 saturated heterocycles. The van der Waals surface area contributed by atoms with Gasteiger partial charge in [-0.05, 0) is 51.3 Å². The second-order valence-electron chi connectivity index (χ2n) is 7.28. The van der Waals surface area contributed by atoms with Crippen molar-refractivity contribution in [2.24, 2.45) is 5.73 Å². The van der Waals surface area contributed by atoms with Crippen molar-refractivity contribution in [2.45, 2.75) is 45.7 Å². The molecule has 0 bridgehead atoms. The number of benzene rings is 1. The second-order valence-corrected chi connectivity index (χ2v) is 7.28. The number of halogens is 1. The molecule has 1 fully saturated rings. The molecule has 0 spiro atoms. The highest BCUT2D eigenvalue weighted by Gasteiger charge is 2.27. The van der Waals surface area contributed by atoms with Gasteiger partial charge in [0.1, 0.15) is 11.6 Å². The van der Waals surface area contributed by atoms with Gasteiger partial charge >= 0.3 is 0 Å². The monoisotopic (exact) mass is 371 g/mol. The predicted molar refractivity (Wildman–Crippen MR) is 103 cm³/mol. The first-order chi connectivity index (χ1) is 12.8. The SMILES string of the molecule is Cc1nc(C(N)=O)nc(N2CC[C@@H](NC(C)Cc3ccc(F)cc3)C2)c1C. The lowest BCUT2D eigenvalue weighted by Crippen LogP contribution is -2.40. The molecule has 2 heterocycles. The van der Waals surface area contributed by atoms with Crippen LogP contribution >= 0.6 is 0 Å². The minimum Gasteiger partial charge on any atom is -0.363 e. The minimum atomic E-state index is -0.610. The maximum absolute atomic E-state index is 13.0. The standard InChI is InChI=1S/C20H26FN5O/c1-12(10-15-4-6-16(21)7-5-15)23-17-8-9-26(11-17)20-13(2)14(3)24-19(25-20)18(22)27/h4-7,12,17,23H,8-11H2,1-3H3,(H2,22,27)/t12?,17-/m1/s1. The Balaban J connectivity index is 1.63. The quantitative estimate of drug-likeness (QED) is 0.813. The number of carbonyl (C=O) groups excluding carboxylic acids is 1. The number of amides is 1. The summed E-state index contributed by atoms with van der Waals surface area (Å²) >= 11 is 0. The zero-order valence-corrected chi connectivity index (χ0v) is 16.0. The smallest absolute Gasteiger partial charge is 0.286 e. The van der Waals surface area contributed by atoms with Gasteiger partial charge in [0.15, 0.2) is 0 Å². The molecule has 27 heavy (non-hydrogen) atoms. The minimum absolute atomic E-state index is 0.0641. The molecule has 0 aliphatic carbocycles. The molecule has 1 aliphatic heterocycles. The summed E-state index contributed by atoms with van der Waals surface area (Å²) in [5.41, 5.74) is 8.21. The van der Waals surface area contributed by atoms with E-state index in [1.54, 1.807) is 0 Å². The van der Waals surface area contributed by atoms with Crippen LogP contribution in [-0.2, 0) is 6.42 Å². The van der Waals surface area contributed by atoms with E-state index in [2.05, 4.69) is 27.1 Å². The summed E-state index contributed by atoms with van der Waals surface area (Å²) in [5, 5.41) is 3.64. The molecule has 2 aromatic rings. The van der Waals surface area contributed by atoms with Crippen molar-refractivity contribution in [2.75, 3.05) is 18.0 Å². The Bertz CT molecular complexity index is 824. The van der Waals surface area contributed by atoms with E-state index in [0.29, 0.717) is 6.04 Å². The van der Waals surface area contributed by atoms with Crippen molar-refractivity contribution in [3.05, 3.63) is 52.7 Å². The third-order valence-corrected chi connectivity index (χ3v) is 5.05. The number of hydrogen-bond donors (Lipinski definition) is 2. The van der Waals surface area contributed by atoms with E-state index in [4.69, 9.17) is 5.73 Å². The van der Waals surface area contributed by atoms with Gasteiger partial charge in [-0.25, -0.2) is 14.4 Å². The molecular formula is C20H26FN5O. The van der Waals surface area contributed by atoms with Crippen LogP contribution in [0.2, 0.25) is 0 Å². The van der Waals surface area contributed by atoms with E-state index in [-0.39, 0.29) is 17.7 Å². The lowest BCUT2D eigenvalue weighted by atomic mass is 10.1. The first-order valence-electron chi connectivity index (χ1n) is 9.24. The van der Waals surface area contributed by atoms with Crippen molar-refractivity contribution in [3.8, 4) is 0 Å². The summed E-state index contributed by atoms with van der Waals surface area (Å²) in [7, 11) is 0. The number of nitrogens with zero attached hydrogens (tertiary/aromatic N) is 3. The Hall–Kier alpha value is -2.54. The fourth-order valence-corrected chi connectivity index (χ4v) is 3.56. The van der Waals surface area contributed by atoms with Gasteiger partial charge in [0.2, 0.25) is 5.82 Å². The number of anilines is 1. The Kier molecular flexibility index (Phi) is 5.70. The van der Waals surface area contributed by atoms with E-state index >= 15 is 0 Å². The highest BCUT2D eigenvalue weighted by atomic mass is 19.1. The zero-order valence-electron chi connectivity index (χ0n) is 16.0. The Labute approximate surface area is 159 Å². The maximum Gasteiger partial charge on any atom is 0.286 e. The molecule has 3 N–H and O–H groups in total. The predicted octanol–water partition coefficient (Wildman–Crippen LogP) is 2.13. The number of primary amides is 1. The number of nitrogens with two attached hydrogens (primary N) is 1. The highest BCUT2D eigenvalue weighted by Crippen LogP contribution is 2.24. The average molecular weight is 371 g/mol. The third-order valence-electron chi connectivity index (χ3n) is 5.05. The number of nitrogens with one attached hydrogen (secondary N) is 1. The molecule has 1 amide bonds. The largest absolute Gasteiger partial charge is 0.363 e. The lowest BCUT2D eigenvalue weighted by Gasteiger charge is -2.23. The number of aryl methyl sites for hydroxylation is 1. The van der Waals surface area contributed by atoms with E-state index in [9.17, 15) is 9.18 Å². The number of rotatable bonds is 6. The van der Waals surface area contributed by atoms with Crippen molar-refractivity contribution in [1.82, 2.24) is 15.3 Å². The van der Waals surface area contributed by atoms with E-state index in [0.717, 1.165) is 48.6 Å². The summed E-state index contributed by atoms with van der Waals surface area (Å²) in [4.78, 5) is 22.2. The van der Waals surface area contributed by atoms with E-state index in [1.165, 1.54) is 12.1 Å². The van der Waals surface area contributed by atoms with Gasteiger partial charge in [0.25, 0.3) is 5.91 Å². The van der Waals surface area contributed by atoms with Crippen molar-refractivity contribution >= 4 is 11.7 Å². The van der Waals surface area contributed by atoms with Crippen LogP contribution < -0.4 is 16.0 Å². The van der Waals surface area contributed by atoms with Crippen molar-refractivity contribution in [3.63, 3.8) is 0 Å². The molecule has 2 atom stereocenters. The van der Waals surface area contributed by atoms with Gasteiger partial charge in [-0.3, -0.25) is 4.79 Å². The molecule has 0 radical (unpaired) electrons. The molecule has 1 aromatic heterocycles. The first-order valence-corrected chi connectivity index (χ1v) is 9.24. The van der Waals surface area contributed by atoms with Gasteiger partial charge in [0, 0.05) is 36.4 Å². The molecule has 0 saturated carbocycles. The molecule has 1 aromatic carbocycles. The Morgan fingerprint density at radius 3 is 2.70 bits per heavy atom. The van der Waals surface area contributed by atoms with Crippen LogP contribution in [0.3, 0.4) is 0 Å². The van der Waals surface area contributed by atoms with Gasteiger partial charge in [-0.15, -0.1) is 0 Å². The fourth-order valence-electron chi connectivity index (χ4n) is 3.56. The number of hydrogen-bond acceptors (Lipinski definition) is 5. The van der Waals surface area contributed by atoms with E-state index in [1.807, 2.05) is 26.0 Å². The van der Waals surface area contributed by atoms with Crippen LogP contribution in [0.4, 0.5) is 10.2 Å². The molecular weight excluding hydrogens is 345 g/mol. The molecule has 7 heteroatoms. The van der Waals surface area contributed by atoms with Crippen LogP contribution in [0.1, 0.15) is 40.8 Å². The maximum atomic E-state index is 13.0. The van der Waals surface area contributed by atoms with Crippen LogP contribution in [0.5, 0.6) is 0 Å². The van der Waals surface area contributed by atoms with Crippen LogP contribution in [0, 0.1) is 19.7 Å². The van der Waals surface area contributed by atoms with Gasteiger partial charge in [0.05, 0.1) is 0 Å². The number of aromatic nitrogens is 2. The summed E-state index contributed by atoms with van der Waals surface area (Å²) in [6, 6.07) is 7.24. The first kappa shape index (κ1) is 19.2. The van der Waals surface area contributed by atoms with Crippen LogP contribution in [-0.4, -0.2) is 41.0 Å². The van der Waals surface area contributed by atoms with E-state index < -0.39 is 5.91 Å². The Morgan fingerprint density at radius 1 is 1.33 bits per heavy atom. The molecule has 1 unspecified atom stereocenters. The van der Waals surface area contributed by atoms with Crippen LogP contribution in [0.25, 0.3) is 0 Å². The van der Waals surface area contributed by atoms with Crippen molar-refractivity contribution in [1.29, 1.82) is 0 Å². The molecule has 1 aliphatic rings. The summed E-state index contributed by atoms with van der Waals surface area (Å²) in [5.74, 6) is 0.0266. The van der Waals surface area contributed by atoms with Gasteiger partial charge in [-0.2, -0.15) is 0 Å². The molecule has 3 rings (SSSR count). The normalized spacial score (nSPS) is 17.9. The third kappa shape index (κ3) is 4.60. The van der Waals surface area contributed by atoms with Crippen LogP contribution in [0.15, 0.2) is 24.3 Å². The average Bonchev–Trinajstić information content (AvgIpc) is 3.07. The fraction of sp³-hybridized carbons (Fsp3) is 0.450. The molecule has 144 valence electrons. The van der Waals surface area contributed by atoms with Gasteiger partial charge < -0.3 is 16.0 Å². The Morgan fingerprint density at radius 2 is 2.04 bits per heavy atom. The zero-order chi connectivity index (χ0) is 19.6. The summed E-state index contributed by atoms with van der Waals surface area (Å²) in [6.07, 6.45) is 1.83. The second kappa shape index (κ2) is 8.00. The summed E-state index contributed by atoms with van der Waals surface area (Å²) in [6.45, 7) is 7.63. The lowest BCUT2D eigenvalue weighted by molar-refractivity contribution is 0.0990. The topological polar surface area (TPSA) is 84.1 Å². The highest BCUT2D eigenvalue weighted by molar-refractivity contribution is 5.89. The summed E-state index contributed by atoms with van der Waals surface area (Å²) < 4.78 is 13.0. The van der Waals surface area contributed by atoms with Gasteiger partial charge in [-0.1, -0.05) is 12.1 Å². The number of carbonyl (C=O) groups is 1.